The van der Waals surface area contributed by atoms with E-state index in [2.05, 4.69) is 28.8 Å². The minimum Gasteiger partial charge on any atom is -0.480 e. The van der Waals surface area contributed by atoms with Crippen LogP contribution in [0.5, 0.6) is 0 Å². The number of alkyl carbamates (subject to hydrolysis) is 1. The van der Waals surface area contributed by atoms with Crippen molar-refractivity contribution in [2.75, 3.05) is 19.7 Å². The number of aliphatic carboxylic acids is 1. The zero-order valence-electron chi connectivity index (χ0n) is 28.6. The maximum Gasteiger partial charge on any atom is 0.407 e. The lowest BCUT2D eigenvalue weighted by Gasteiger charge is -2.25. The van der Waals surface area contributed by atoms with Gasteiger partial charge in [-0.25, -0.2) is 14.4 Å². The van der Waals surface area contributed by atoms with Gasteiger partial charge >= 0.3 is 18.2 Å². The summed E-state index contributed by atoms with van der Waals surface area (Å²) in [7, 11) is 0. The highest BCUT2D eigenvalue weighted by atomic mass is 16.5. The SMILES string of the molecule is C1CCCCC1.C=C.CCCC(NC(=O)C1CCCN1C(=O)CNC(=O)OCC(C)(C)C)C(=O)O.O=C(O)N1Cc2cccnc2C1. The molecule has 4 rings (SSSR count). The molecule has 4 N–H and O–H groups in total. The molecule has 13 nitrogen and oxygen atoms in total. The molecule has 264 valence electrons. The minimum atomic E-state index is -1.09. The molecule has 2 fully saturated rings. The average molecular weight is 662 g/mol. The number of carbonyl (C=O) groups is 5. The average Bonchev–Trinajstić information content (AvgIpc) is 3.73. The van der Waals surface area contributed by atoms with Crippen LogP contribution in [0, 0.1) is 5.41 Å². The van der Waals surface area contributed by atoms with E-state index in [1.165, 1.54) is 48.3 Å². The standard InChI is InChI=1S/C18H31N3O6.C8H8N2O2.C6H12.C2H4/c1-5-7-12(16(24)25)20-15(23)13-8-6-9-21(13)14(22)10-19-17(26)27-11-18(2,3)4;11-8(12)10-4-6-2-1-3-9-7(6)5-10;1-2-4-6-5-3-1;1-2/h12-13H,5-11H2,1-4H3,(H,19,26)(H,20,23)(H,24,25);1-3H,4-5H2,(H,11,12);1-6H2;1-2H2. The van der Waals surface area contributed by atoms with Gasteiger partial charge in [0.05, 0.1) is 25.4 Å². The molecule has 2 atom stereocenters. The van der Waals surface area contributed by atoms with Crippen LogP contribution >= 0.6 is 0 Å². The molecule has 0 radical (unpaired) electrons. The fourth-order valence-electron chi connectivity index (χ4n) is 5.13. The Balaban J connectivity index is 0.000000444. The first kappa shape index (κ1) is 40.9. The van der Waals surface area contributed by atoms with E-state index in [4.69, 9.17) is 14.9 Å². The number of hydrogen-bond acceptors (Lipinski definition) is 7. The highest BCUT2D eigenvalue weighted by Crippen LogP contribution is 2.20. The molecule has 47 heavy (non-hydrogen) atoms. The van der Waals surface area contributed by atoms with Gasteiger partial charge in [-0.1, -0.05) is 78.7 Å². The van der Waals surface area contributed by atoms with Crippen LogP contribution in [0.25, 0.3) is 0 Å². The molecule has 0 spiro atoms. The van der Waals surface area contributed by atoms with Crippen LogP contribution in [-0.2, 0) is 32.2 Å². The highest BCUT2D eigenvalue weighted by Gasteiger charge is 2.35. The number of likely N-dealkylation sites (tertiary alicyclic amines) is 1. The Kier molecular flexibility index (Phi) is 18.8. The Hall–Kier alpha value is -4.16. The van der Waals surface area contributed by atoms with Crippen molar-refractivity contribution in [1.82, 2.24) is 25.4 Å². The van der Waals surface area contributed by atoms with Gasteiger partial charge in [-0.05, 0) is 36.3 Å². The number of aromatic nitrogens is 1. The normalized spacial score (nSPS) is 17.1. The van der Waals surface area contributed by atoms with Crippen molar-refractivity contribution >= 4 is 30.0 Å². The second-order valence-electron chi connectivity index (χ2n) is 12.8. The van der Waals surface area contributed by atoms with E-state index in [0.717, 1.165) is 11.3 Å². The van der Waals surface area contributed by atoms with E-state index in [0.29, 0.717) is 45.3 Å². The number of fused-ring (bicyclic) bond motifs is 1. The van der Waals surface area contributed by atoms with E-state index in [9.17, 15) is 24.0 Å². The van der Waals surface area contributed by atoms with Gasteiger partial charge in [-0.3, -0.25) is 19.5 Å². The van der Waals surface area contributed by atoms with Crippen molar-refractivity contribution in [3.63, 3.8) is 0 Å². The number of carboxylic acid groups (broad SMARTS) is 2. The summed E-state index contributed by atoms with van der Waals surface area (Å²) >= 11 is 0. The summed E-state index contributed by atoms with van der Waals surface area (Å²) in [6.07, 6.45) is 11.2. The number of pyridine rings is 1. The van der Waals surface area contributed by atoms with E-state index >= 15 is 0 Å². The minimum absolute atomic E-state index is 0.182. The molecule has 3 aliphatic rings. The number of rotatable bonds is 8. The highest BCUT2D eigenvalue weighted by molar-refractivity contribution is 5.92. The smallest absolute Gasteiger partial charge is 0.407 e. The maximum absolute atomic E-state index is 12.4. The molecular formula is C34H55N5O8. The van der Waals surface area contributed by atoms with Crippen LogP contribution in [0.4, 0.5) is 9.59 Å². The Labute approximate surface area is 279 Å². The summed E-state index contributed by atoms with van der Waals surface area (Å²) in [5.41, 5.74) is 1.71. The predicted octanol–water partition coefficient (Wildman–Crippen LogP) is 5.34. The topological polar surface area (TPSA) is 178 Å². The van der Waals surface area contributed by atoms with Crippen molar-refractivity contribution in [3.8, 4) is 0 Å². The van der Waals surface area contributed by atoms with Gasteiger partial charge in [0, 0.05) is 12.7 Å². The first-order chi connectivity index (χ1) is 22.3. The lowest BCUT2D eigenvalue weighted by Crippen LogP contribution is -2.52. The fraction of sp³-hybridized carbons (Fsp3) is 0.647. The molecule has 2 unspecified atom stereocenters. The zero-order chi connectivity index (χ0) is 35.4. The van der Waals surface area contributed by atoms with Gasteiger partial charge in [-0.15, -0.1) is 13.2 Å². The first-order valence-corrected chi connectivity index (χ1v) is 16.5. The first-order valence-electron chi connectivity index (χ1n) is 16.5. The molecule has 1 aromatic rings. The summed E-state index contributed by atoms with van der Waals surface area (Å²) in [4.78, 5) is 65.0. The lowest BCUT2D eigenvalue weighted by molar-refractivity contribution is -0.143. The number of carbonyl (C=O) groups excluding carboxylic acids is 3. The van der Waals surface area contributed by atoms with Crippen LogP contribution in [-0.4, -0.2) is 86.7 Å². The Bertz CT molecular complexity index is 1120. The number of nitrogens with zero attached hydrogens (tertiary/aromatic N) is 3. The van der Waals surface area contributed by atoms with Gasteiger partial charge in [0.15, 0.2) is 0 Å². The molecule has 0 bridgehead atoms. The molecule has 2 aliphatic heterocycles. The summed E-state index contributed by atoms with van der Waals surface area (Å²) in [5.74, 6) is -1.97. The Morgan fingerprint density at radius 1 is 1.02 bits per heavy atom. The van der Waals surface area contributed by atoms with Crippen LogP contribution in [0.2, 0.25) is 0 Å². The second-order valence-corrected chi connectivity index (χ2v) is 12.8. The fourth-order valence-corrected chi connectivity index (χ4v) is 5.13. The van der Waals surface area contributed by atoms with E-state index in [1.54, 1.807) is 6.20 Å². The molecule has 1 aliphatic carbocycles. The molecule has 4 amide bonds. The summed E-state index contributed by atoms with van der Waals surface area (Å²) in [5, 5.41) is 22.7. The van der Waals surface area contributed by atoms with Crippen LogP contribution in [0.15, 0.2) is 31.5 Å². The summed E-state index contributed by atoms with van der Waals surface area (Å²) in [6.45, 7) is 14.8. The molecule has 0 aromatic carbocycles. The number of hydrogen-bond donors (Lipinski definition) is 4. The van der Waals surface area contributed by atoms with Crippen molar-refractivity contribution in [2.45, 2.75) is 117 Å². The largest absolute Gasteiger partial charge is 0.480 e. The van der Waals surface area contributed by atoms with E-state index in [-0.39, 0.29) is 18.6 Å². The summed E-state index contributed by atoms with van der Waals surface area (Å²) in [6, 6.07) is 2.05. The third-order valence-electron chi connectivity index (χ3n) is 7.54. The van der Waals surface area contributed by atoms with E-state index in [1.807, 2.05) is 39.8 Å². The van der Waals surface area contributed by atoms with Crippen LogP contribution in [0.3, 0.4) is 0 Å². The molecule has 1 saturated carbocycles. The van der Waals surface area contributed by atoms with Gasteiger partial charge < -0.3 is 30.5 Å². The van der Waals surface area contributed by atoms with Crippen molar-refractivity contribution in [2.24, 2.45) is 5.41 Å². The maximum atomic E-state index is 12.4. The van der Waals surface area contributed by atoms with Gasteiger partial charge in [-0.2, -0.15) is 0 Å². The third kappa shape index (κ3) is 15.8. The zero-order valence-corrected chi connectivity index (χ0v) is 28.6. The number of amides is 4. The quantitative estimate of drug-likeness (QED) is 0.268. The van der Waals surface area contributed by atoms with Crippen molar-refractivity contribution in [1.29, 1.82) is 0 Å². The van der Waals surface area contributed by atoms with Gasteiger partial charge in [0.2, 0.25) is 11.8 Å². The van der Waals surface area contributed by atoms with E-state index < -0.39 is 42.1 Å². The van der Waals surface area contributed by atoms with Crippen molar-refractivity contribution in [3.05, 3.63) is 42.7 Å². The van der Waals surface area contributed by atoms with Crippen LogP contribution in [0.1, 0.15) is 103 Å². The monoisotopic (exact) mass is 661 g/mol. The second kappa shape index (κ2) is 21.6. The number of carboxylic acids is 1. The molecule has 1 saturated heterocycles. The Morgan fingerprint density at radius 3 is 2.15 bits per heavy atom. The van der Waals surface area contributed by atoms with Crippen molar-refractivity contribution < 1.29 is 38.9 Å². The van der Waals surface area contributed by atoms with Gasteiger partial charge in [0.1, 0.15) is 18.6 Å². The Morgan fingerprint density at radius 2 is 1.64 bits per heavy atom. The molecular weight excluding hydrogens is 606 g/mol. The lowest BCUT2D eigenvalue weighted by atomic mass is 9.99. The predicted molar refractivity (Wildman–Crippen MR) is 178 cm³/mol. The van der Waals surface area contributed by atoms with Gasteiger partial charge in [0.25, 0.3) is 0 Å². The molecule has 1 aromatic heterocycles. The molecule has 3 heterocycles. The summed E-state index contributed by atoms with van der Waals surface area (Å²) < 4.78 is 5.03. The molecule has 13 heteroatoms. The third-order valence-corrected chi connectivity index (χ3v) is 7.54. The number of ether oxygens (including phenoxy) is 1. The number of nitrogens with one attached hydrogen (secondary N) is 2. The van der Waals surface area contributed by atoms with Crippen LogP contribution < -0.4 is 10.6 Å².